The first-order valence-electron chi connectivity index (χ1n) is 10.1. The summed E-state index contributed by atoms with van der Waals surface area (Å²) in [4.78, 5) is 45.5. The largest absolute Gasteiger partial charge is 0.341 e. The molecular formula is C20H27N5O3. The van der Waals surface area contributed by atoms with Crippen LogP contribution < -0.4 is 11.0 Å². The van der Waals surface area contributed by atoms with Crippen LogP contribution in [0.5, 0.6) is 0 Å². The topological polar surface area (TPSA) is 101 Å². The first-order chi connectivity index (χ1) is 13.6. The van der Waals surface area contributed by atoms with Gasteiger partial charge in [-0.1, -0.05) is 6.07 Å². The van der Waals surface area contributed by atoms with Gasteiger partial charge in [-0.3, -0.25) is 9.59 Å². The van der Waals surface area contributed by atoms with Gasteiger partial charge < -0.3 is 25.1 Å². The summed E-state index contributed by atoms with van der Waals surface area (Å²) in [5, 5.41) is 3.10. The molecule has 0 spiro atoms. The van der Waals surface area contributed by atoms with Crippen molar-refractivity contribution in [3.8, 4) is 0 Å². The number of carbonyl (C=O) groups excluding carboxylic acids is 2. The highest BCUT2D eigenvalue weighted by atomic mass is 16.2. The summed E-state index contributed by atoms with van der Waals surface area (Å²) in [7, 11) is 0. The minimum absolute atomic E-state index is 0.142. The highest BCUT2D eigenvalue weighted by molar-refractivity contribution is 5.80. The van der Waals surface area contributed by atoms with Crippen molar-refractivity contribution >= 4 is 22.8 Å². The maximum atomic E-state index is 12.7. The molecule has 28 heavy (non-hydrogen) atoms. The zero-order chi connectivity index (χ0) is 19.5. The Kier molecular flexibility index (Phi) is 5.47. The molecule has 150 valence electrons. The number of aromatic amines is 2. The van der Waals surface area contributed by atoms with Crippen molar-refractivity contribution in [3.63, 3.8) is 0 Å². The smallest absolute Gasteiger partial charge is 0.323 e. The number of likely N-dealkylation sites (tertiary alicyclic amines) is 1. The number of H-pyrrole nitrogens is 2. The van der Waals surface area contributed by atoms with E-state index in [1.54, 1.807) is 0 Å². The van der Waals surface area contributed by atoms with Crippen molar-refractivity contribution in [1.82, 2.24) is 25.1 Å². The lowest BCUT2D eigenvalue weighted by atomic mass is 10.0. The fraction of sp³-hybridized carbons (Fsp3) is 0.550. The molecule has 8 nitrogen and oxygen atoms in total. The van der Waals surface area contributed by atoms with Crippen molar-refractivity contribution in [2.45, 2.75) is 38.1 Å². The Balaban J connectivity index is 1.29. The molecule has 2 aliphatic rings. The molecule has 1 atom stereocenters. The molecule has 2 aromatic rings. The van der Waals surface area contributed by atoms with E-state index in [1.807, 2.05) is 28.0 Å². The average molecular weight is 385 g/mol. The molecule has 0 radical (unpaired) electrons. The number of rotatable bonds is 5. The van der Waals surface area contributed by atoms with Gasteiger partial charge in [0.05, 0.1) is 17.6 Å². The molecule has 1 aromatic heterocycles. The van der Waals surface area contributed by atoms with Crippen LogP contribution in [-0.2, 0) is 16.0 Å². The second-order valence-corrected chi connectivity index (χ2v) is 7.71. The van der Waals surface area contributed by atoms with E-state index in [0.29, 0.717) is 19.5 Å². The molecule has 2 saturated heterocycles. The van der Waals surface area contributed by atoms with Crippen LogP contribution in [-0.4, -0.2) is 70.3 Å². The van der Waals surface area contributed by atoms with Crippen LogP contribution in [0.2, 0.25) is 0 Å². The molecule has 2 amide bonds. The van der Waals surface area contributed by atoms with Crippen molar-refractivity contribution in [3.05, 3.63) is 34.2 Å². The SMILES string of the molecule is O=C(CCCc1ccc2[nH]c(=O)[nH]c2c1)N1CCCC(N2CCNCC2=O)C1. The third-order valence-electron chi connectivity index (χ3n) is 5.75. The molecular weight excluding hydrogens is 358 g/mol. The summed E-state index contributed by atoms with van der Waals surface area (Å²) in [6, 6.07) is 6.00. The molecule has 4 rings (SSSR count). The monoisotopic (exact) mass is 385 g/mol. The quantitative estimate of drug-likeness (QED) is 0.702. The molecule has 1 unspecified atom stereocenters. The van der Waals surface area contributed by atoms with E-state index in [9.17, 15) is 14.4 Å². The van der Waals surface area contributed by atoms with Gasteiger partial charge in [0.1, 0.15) is 0 Å². The Bertz CT molecular complexity index is 918. The maximum Gasteiger partial charge on any atom is 0.323 e. The van der Waals surface area contributed by atoms with Crippen LogP contribution in [0.1, 0.15) is 31.2 Å². The molecule has 1 aromatic carbocycles. The average Bonchev–Trinajstić information content (AvgIpc) is 3.07. The van der Waals surface area contributed by atoms with Crippen LogP contribution in [0, 0.1) is 0 Å². The van der Waals surface area contributed by atoms with E-state index in [1.165, 1.54) is 0 Å². The molecule has 0 aliphatic carbocycles. The molecule has 3 heterocycles. The molecule has 2 aliphatic heterocycles. The van der Waals surface area contributed by atoms with Crippen LogP contribution in [0.25, 0.3) is 11.0 Å². The van der Waals surface area contributed by atoms with Crippen LogP contribution in [0.3, 0.4) is 0 Å². The number of hydrogen-bond acceptors (Lipinski definition) is 4. The van der Waals surface area contributed by atoms with Gasteiger partial charge in [-0.05, 0) is 43.4 Å². The molecule has 2 fully saturated rings. The zero-order valence-corrected chi connectivity index (χ0v) is 16.0. The minimum Gasteiger partial charge on any atom is -0.341 e. The number of fused-ring (bicyclic) bond motifs is 1. The number of benzene rings is 1. The zero-order valence-electron chi connectivity index (χ0n) is 16.0. The Labute approximate surface area is 163 Å². The van der Waals surface area contributed by atoms with E-state index >= 15 is 0 Å². The normalized spacial score (nSPS) is 20.7. The Morgan fingerprint density at radius 3 is 2.86 bits per heavy atom. The second kappa shape index (κ2) is 8.18. The highest BCUT2D eigenvalue weighted by Gasteiger charge is 2.31. The number of aromatic nitrogens is 2. The third-order valence-corrected chi connectivity index (χ3v) is 5.75. The second-order valence-electron chi connectivity index (χ2n) is 7.71. The Hall–Kier alpha value is -2.61. The van der Waals surface area contributed by atoms with E-state index < -0.39 is 0 Å². The predicted molar refractivity (Wildman–Crippen MR) is 106 cm³/mol. The van der Waals surface area contributed by atoms with Gasteiger partial charge in [0.2, 0.25) is 11.8 Å². The summed E-state index contributed by atoms with van der Waals surface area (Å²) < 4.78 is 0. The highest BCUT2D eigenvalue weighted by Crippen LogP contribution is 2.19. The van der Waals surface area contributed by atoms with Gasteiger partial charge in [-0.15, -0.1) is 0 Å². The van der Waals surface area contributed by atoms with E-state index in [-0.39, 0.29) is 23.5 Å². The number of piperazine rings is 1. The standard InChI is InChI=1S/C20H27N5O3/c26-18(5-1-3-14-6-7-16-17(11-14)23-20(28)22-16)24-9-2-4-15(13-24)25-10-8-21-12-19(25)27/h6-7,11,15,21H,1-5,8-10,12-13H2,(H2,22,23,28). The summed E-state index contributed by atoms with van der Waals surface area (Å²) in [6.45, 7) is 3.40. The number of imidazole rings is 1. The minimum atomic E-state index is -0.204. The number of nitrogens with one attached hydrogen (secondary N) is 3. The number of carbonyl (C=O) groups is 2. The number of amides is 2. The maximum absolute atomic E-state index is 12.7. The number of piperidine rings is 1. The lowest BCUT2D eigenvalue weighted by Gasteiger charge is -2.41. The van der Waals surface area contributed by atoms with Crippen molar-refractivity contribution in [2.24, 2.45) is 0 Å². The molecule has 8 heteroatoms. The van der Waals surface area contributed by atoms with Crippen molar-refractivity contribution in [1.29, 1.82) is 0 Å². The van der Waals surface area contributed by atoms with E-state index in [4.69, 9.17) is 0 Å². The summed E-state index contributed by atoms with van der Waals surface area (Å²) >= 11 is 0. The van der Waals surface area contributed by atoms with E-state index in [2.05, 4.69) is 15.3 Å². The fourth-order valence-corrected chi connectivity index (χ4v) is 4.28. The van der Waals surface area contributed by atoms with Crippen LogP contribution in [0.15, 0.2) is 23.0 Å². The van der Waals surface area contributed by atoms with Crippen molar-refractivity contribution in [2.75, 3.05) is 32.7 Å². The van der Waals surface area contributed by atoms with Crippen molar-refractivity contribution < 1.29 is 9.59 Å². The number of aryl methyl sites for hydroxylation is 1. The van der Waals surface area contributed by atoms with Gasteiger partial charge in [-0.25, -0.2) is 4.79 Å². The summed E-state index contributed by atoms with van der Waals surface area (Å²) in [5.74, 6) is 0.312. The van der Waals surface area contributed by atoms with Gasteiger partial charge in [0.15, 0.2) is 0 Å². The van der Waals surface area contributed by atoms with Gasteiger partial charge in [0, 0.05) is 38.6 Å². The molecule has 3 N–H and O–H groups in total. The third kappa shape index (κ3) is 4.11. The summed E-state index contributed by atoms with van der Waals surface area (Å²) in [5.41, 5.74) is 2.50. The Morgan fingerprint density at radius 2 is 2.00 bits per heavy atom. The molecule has 0 saturated carbocycles. The van der Waals surface area contributed by atoms with Gasteiger partial charge >= 0.3 is 5.69 Å². The van der Waals surface area contributed by atoms with E-state index in [0.717, 1.165) is 61.9 Å². The van der Waals surface area contributed by atoms with Crippen LogP contribution >= 0.6 is 0 Å². The first-order valence-corrected chi connectivity index (χ1v) is 10.1. The van der Waals surface area contributed by atoms with Gasteiger partial charge in [-0.2, -0.15) is 0 Å². The lowest BCUT2D eigenvalue weighted by Crippen LogP contribution is -2.57. The Morgan fingerprint density at radius 1 is 1.14 bits per heavy atom. The fourth-order valence-electron chi connectivity index (χ4n) is 4.28. The predicted octanol–water partition coefficient (Wildman–Crippen LogP) is 0.602. The van der Waals surface area contributed by atoms with Crippen LogP contribution in [0.4, 0.5) is 0 Å². The molecule has 0 bridgehead atoms. The van der Waals surface area contributed by atoms with Gasteiger partial charge in [0.25, 0.3) is 0 Å². The number of nitrogens with zero attached hydrogens (tertiary/aromatic N) is 2. The number of hydrogen-bond donors (Lipinski definition) is 3. The summed E-state index contributed by atoms with van der Waals surface area (Å²) in [6.07, 6.45) is 3.99. The lowest BCUT2D eigenvalue weighted by molar-refractivity contribution is -0.140. The first kappa shape index (κ1) is 18.7.